The largest absolute Gasteiger partial charge is 0.534 e. The first-order valence-corrected chi connectivity index (χ1v) is 11.7. The quantitative estimate of drug-likeness (QED) is 0.407. The van der Waals surface area contributed by atoms with Gasteiger partial charge in [0, 0.05) is 0 Å². The van der Waals surface area contributed by atoms with Gasteiger partial charge in [0.25, 0.3) is 0 Å². The minimum absolute atomic E-state index is 0.0403. The summed E-state index contributed by atoms with van der Waals surface area (Å²) in [5, 5.41) is 4.99. The summed E-state index contributed by atoms with van der Waals surface area (Å²) in [6, 6.07) is 36.4. The van der Waals surface area contributed by atoms with E-state index in [0.717, 1.165) is 5.75 Å². The minimum atomic E-state index is -2.58. The predicted octanol–water partition coefficient (Wildman–Crippen LogP) is 5.78. The number of benzene rings is 4. The third-order valence-corrected chi connectivity index (χ3v) is 10.4. The van der Waals surface area contributed by atoms with Crippen molar-refractivity contribution in [1.82, 2.24) is 0 Å². The lowest BCUT2D eigenvalue weighted by atomic mass is 10.1. The van der Waals surface area contributed by atoms with Crippen LogP contribution in [-0.2, 0) is 0 Å². The van der Waals surface area contributed by atoms with E-state index >= 15 is 0 Å². The van der Waals surface area contributed by atoms with Gasteiger partial charge < -0.3 is 4.43 Å². The molecule has 0 unspecified atom stereocenters. The van der Waals surface area contributed by atoms with Crippen molar-refractivity contribution in [2.75, 3.05) is 0 Å². The van der Waals surface area contributed by atoms with Crippen LogP contribution in [-0.4, -0.2) is 8.32 Å². The Balaban J connectivity index is 1.93. The highest BCUT2D eigenvalue weighted by Crippen LogP contribution is 2.38. The zero-order valence-electron chi connectivity index (χ0n) is 16.7. The monoisotopic (exact) mass is 382 g/mol. The molecule has 0 saturated carbocycles. The Bertz CT molecular complexity index is 1030. The van der Waals surface area contributed by atoms with Gasteiger partial charge in [-0.1, -0.05) is 112 Å². The van der Waals surface area contributed by atoms with Gasteiger partial charge in [-0.2, -0.15) is 0 Å². The molecule has 0 fully saturated rings. The average Bonchev–Trinajstić information content (AvgIpc) is 2.72. The lowest BCUT2D eigenvalue weighted by molar-refractivity contribution is 0.509. The molecule has 0 aliphatic heterocycles. The summed E-state index contributed by atoms with van der Waals surface area (Å²) >= 11 is 0. The third-order valence-electron chi connectivity index (χ3n) is 5.41. The summed E-state index contributed by atoms with van der Waals surface area (Å²) in [5.74, 6) is 0.938. The molecular formula is C26H26OSi. The molecule has 140 valence electrons. The second-order valence-electron chi connectivity index (χ2n) is 8.27. The average molecular weight is 383 g/mol. The lowest BCUT2D eigenvalue weighted by Crippen LogP contribution is -2.68. The van der Waals surface area contributed by atoms with Crippen LogP contribution in [0.1, 0.15) is 20.8 Å². The molecule has 0 amide bonds. The van der Waals surface area contributed by atoms with Crippen molar-refractivity contribution in [3.05, 3.63) is 103 Å². The first-order chi connectivity index (χ1) is 13.5. The van der Waals surface area contributed by atoms with Gasteiger partial charge in [-0.3, -0.25) is 0 Å². The molecule has 0 spiro atoms. The Morgan fingerprint density at radius 2 is 1.07 bits per heavy atom. The van der Waals surface area contributed by atoms with Crippen molar-refractivity contribution in [3.63, 3.8) is 0 Å². The molecule has 0 heterocycles. The standard InChI is InChI=1S/C26H26OSi/c1-26(2,3)28(24-14-6-4-7-15-24,25-16-8-5-9-17-25)27-23-19-18-21-12-10-11-13-22(21)20-23/h4-20H,1-3H3. The highest BCUT2D eigenvalue weighted by atomic mass is 28.4. The van der Waals surface area contributed by atoms with Gasteiger partial charge in [0.1, 0.15) is 5.75 Å². The summed E-state index contributed by atoms with van der Waals surface area (Å²) in [7, 11) is -2.58. The molecule has 4 rings (SSSR count). The Morgan fingerprint density at radius 3 is 1.61 bits per heavy atom. The van der Waals surface area contributed by atoms with E-state index in [1.807, 2.05) is 0 Å². The lowest BCUT2D eigenvalue weighted by Gasteiger charge is -2.43. The second kappa shape index (κ2) is 7.29. The van der Waals surface area contributed by atoms with Crippen molar-refractivity contribution >= 4 is 29.5 Å². The van der Waals surface area contributed by atoms with Crippen molar-refractivity contribution in [3.8, 4) is 5.75 Å². The molecule has 0 aliphatic carbocycles. The van der Waals surface area contributed by atoms with E-state index in [4.69, 9.17) is 4.43 Å². The van der Waals surface area contributed by atoms with Crippen molar-refractivity contribution in [1.29, 1.82) is 0 Å². The smallest absolute Gasteiger partial charge is 0.319 e. The van der Waals surface area contributed by atoms with Crippen molar-refractivity contribution in [2.24, 2.45) is 0 Å². The van der Waals surface area contributed by atoms with E-state index in [1.165, 1.54) is 21.1 Å². The van der Waals surface area contributed by atoms with Gasteiger partial charge in [0.15, 0.2) is 0 Å². The number of fused-ring (bicyclic) bond motifs is 1. The molecule has 0 aromatic heterocycles. The number of hydrogen-bond donors (Lipinski definition) is 0. The highest BCUT2D eigenvalue weighted by Gasteiger charge is 2.52. The van der Waals surface area contributed by atoms with E-state index < -0.39 is 8.32 Å². The van der Waals surface area contributed by atoms with Gasteiger partial charge in [-0.05, 0) is 38.3 Å². The fourth-order valence-electron chi connectivity index (χ4n) is 4.06. The Kier molecular flexibility index (Phi) is 4.82. The minimum Gasteiger partial charge on any atom is -0.534 e. The van der Waals surface area contributed by atoms with Crippen LogP contribution >= 0.6 is 0 Å². The molecule has 0 atom stereocenters. The molecule has 0 aliphatic rings. The van der Waals surface area contributed by atoms with E-state index in [-0.39, 0.29) is 5.04 Å². The zero-order chi connectivity index (χ0) is 19.6. The summed E-state index contributed by atoms with van der Waals surface area (Å²) in [6.45, 7) is 6.92. The normalized spacial score (nSPS) is 12.1. The van der Waals surface area contributed by atoms with Gasteiger partial charge in [0.05, 0.1) is 0 Å². The summed E-state index contributed by atoms with van der Waals surface area (Å²) in [4.78, 5) is 0. The zero-order valence-corrected chi connectivity index (χ0v) is 17.7. The summed E-state index contributed by atoms with van der Waals surface area (Å²) in [6.07, 6.45) is 0. The van der Waals surface area contributed by atoms with E-state index in [0.29, 0.717) is 0 Å². The van der Waals surface area contributed by atoms with Crippen LogP contribution in [0.15, 0.2) is 103 Å². The molecule has 0 bridgehead atoms. The maximum absolute atomic E-state index is 7.09. The molecule has 28 heavy (non-hydrogen) atoms. The fourth-order valence-corrected chi connectivity index (χ4v) is 8.47. The van der Waals surface area contributed by atoms with Crippen LogP contribution < -0.4 is 14.8 Å². The van der Waals surface area contributed by atoms with Gasteiger partial charge in [0.2, 0.25) is 0 Å². The molecule has 0 radical (unpaired) electrons. The van der Waals surface area contributed by atoms with E-state index in [2.05, 4.69) is 124 Å². The maximum Gasteiger partial charge on any atom is 0.319 e. The van der Waals surface area contributed by atoms with Crippen LogP contribution in [0.2, 0.25) is 5.04 Å². The Hall–Kier alpha value is -2.84. The van der Waals surface area contributed by atoms with Crippen LogP contribution in [0, 0.1) is 0 Å². The summed E-state index contributed by atoms with van der Waals surface area (Å²) in [5.41, 5.74) is 0. The van der Waals surface area contributed by atoms with E-state index in [9.17, 15) is 0 Å². The predicted molar refractivity (Wildman–Crippen MR) is 122 cm³/mol. The molecule has 1 nitrogen and oxygen atoms in total. The van der Waals surface area contributed by atoms with Crippen molar-refractivity contribution in [2.45, 2.75) is 25.8 Å². The molecule has 4 aromatic rings. The van der Waals surface area contributed by atoms with Crippen LogP contribution in [0.3, 0.4) is 0 Å². The summed E-state index contributed by atoms with van der Waals surface area (Å²) < 4.78 is 7.09. The number of rotatable bonds is 4. The van der Waals surface area contributed by atoms with Crippen LogP contribution in [0.5, 0.6) is 5.75 Å². The van der Waals surface area contributed by atoms with Gasteiger partial charge >= 0.3 is 8.32 Å². The molecule has 2 heteroatoms. The fraction of sp³-hybridized carbons (Fsp3) is 0.154. The third kappa shape index (κ3) is 3.25. The number of hydrogen-bond acceptors (Lipinski definition) is 1. The van der Waals surface area contributed by atoms with Crippen molar-refractivity contribution < 1.29 is 4.43 Å². The SMILES string of the molecule is CC(C)(C)[Si](Oc1ccc2ccccc2c1)(c1ccccc1)c1ccccc1. The molecule has 0 saturated heterocycles. The first-order valence-electron chi connectivity index (χ1n) is 9.79. The van der Waals surface area contributed by atoms with E-state index in [1.54, 1.807) is 0 Å². The van der Waals surface area contributed by atoms with Gasteiger partial charge in [-0.25, -0.2) is 0 Å². The highest BCUT2D eigenvalue weighted by molar-refractivity contribution is 7.00. The molecular weight excluding hydrogens is 356 g/mol. The first kappa shape index (κ1) is 18.5. The maximum atomic E-state index is 7.09. The van der Waals surface area contributed by atoms with Crippen LogP contribution in [0.25, 0.3) is 10.8 Å². The Morgan fingerprint density at radius 1 is 0.571 bits per heavy atom. The van der Waals surface area contributed by atoms with Gasteiger partial charge in [-0.15, -0.1) is 0 Å². The Labute approximate surface area is 168 Å². The molecule has 0 N–H and O–H groups in total. The topological polar surface area (TPSA) is 9.23 Å². The second-order valence-corrected chi connectivity index (χ2v) is 12.5. The molecule has 4 aromatic carbocycles. The van der Waals surface area contributed by atoms with Crippen LogP contribution in [0.4, 0.5) is 0 Å².